The first-order chi connectivity index (χ1) is 7.45. The molecule has 0 unspecified atom stereocenters. The second kappa shape index (κ2) is 5.29. The van der Waals surface area contributed by atoms with E-state index in [1.165, 1.54) is 18.4 Å². The fourth-order valence-electron chi connectivity index (χ4n) is 1.61. The van der Waals surface area contributed by atoms with Gasteiger partial charge in [-0.25, -0.2) is 4.98 Å². The van der Waals surface area contributed by atoms with Crippen molar-refractivity contribution in [2.45, 2.75) is 25.7 Å². The molecule has 0 fully saturated rings. The normalized spacial score (nSPS) is 10.4. The van der Waals surface area contributed by atoms with Gasteiger partial charge < -0.3 is 4.98 Å². The molecule has 0 saturated heterocycles. The largest absolute Gasteiger partial charge is 0.349 e. The van der Waals surface area contributed by atoms with Crippen LogP contribution in [0.1, 0.15) is 24.2 Å². The summed E-state index contributed by atoms with van der Waals surface area (Å²) >= 11 is 0. The number of rotatable bonds is 5. The number of imidazole rings is 1. The number of aromatic nitrogens is 3. The number of nitrogens with one attached hydrogen (secondary N) is 1. The first-order valence-electron chi connectivity index (χ1n) is 5.32. The highest BCUT2D eigenvalue weighted by molar-refractivity contribution is 5.09. The molecule has 15 heavy (non-hydrogen) atoms. The number of hydrogen-bond acceptors (Lipinski definition) is 2. The monoisotopic (exact) mass is 201 g/mol. The van der Waals surface area contributed by atoms with Crippen molar-refractivity contribution in [2.24, 2.45) is 0 Å². The number of aryl methyl sites for hydroxylation is 2. The molecule has 1 N–H and O–H groups in total. The predicted octanol–water partition coefficient (Wildman–Crippen LogP) is 2.37. The minimum Gasteiger partial charge on any atom is -0.349 e. The summed E-state index contributed by atoms with van der Waals surface area (Å²) in [6.45, 7) is 0. The molecule has 0 bridgehead atoms. The van der Waals surface area contributed by atoms with Crippen molar-refractivity contribution in [1.82, 2.24) is 15.0 Å². The highest BCUT2D eigenvalue weighted by Crippen LogP contribution is 2.05. The van der Waals surface area contributed by atoms with Gasteiger partial charge >= 0.3 is 0 Å². The first kappa shape index (κ1) is 9.90. The van der Waals surface area contributed by atoms with Crippen LogP contribution >= 0.6 is 0 Å². The fourth-order valence-corrected chi connectivity index (χ4v) is 1.61. The van der Waals surface area contributed by atoms with Gasteiger partial charge in [0.1, 0.15) is 5.82 Å². The molecule has 0 aliphatic rings. The lowest BCUT2D eigenvalue weighted by Crippen LogP contribution is -1.91. The standard InChI is InChI=1S/C12H15N3/c1(2-4-12-14-9-10-15-12)3-11-5-7-13-8-6-11/h5-10H,1-4H2,(H,14,15). The maximum Gasteiger partial charge on any atom is 0.105 e. The van der Waals surface area contributed by atoms with Crippen LogP contribution in [0.2, 0.25) is 0 Å². The van der Waals surface area contributed by atoms with E-state index < -0.39 is 0 Å². The van der Waals surface area contributed by atoms with Gasteiger partial charge in [-0.1, -0.05) is 0 Å². The van der Waals surface area contributed by atoms with E-state index >= 15 is 0 Å². The Bertz CT molecular complexity index is 367. The quantitative estimate of drug-likeness (QED) is 0.754. The van der Waals surface area contributed by atoms with Gasteiger partial charge in [0.15, 0.2) is 0 Å². The van der Waals surface area contributed by atoms with E-state index in [9.17, 15) is 0 Å². The van der Waals surface area contributed by atoms with Gasteiger partial charge in [-0.3, -0.25) is 4.98 Å². The van der Waals surface area contributed by atoms with Crippen LogP contribution in [0.3, 0.4) is 0 Å². The maximum atomic E-state index is 4.20. The minimum absolute atomic E-state index is 1.04. The zero-order chi connectivity index (χ0) is 10.3. The highest BCUT2D eigenvalue weighted by Gasteiger charge is 1.96. The van der Waals surface area contributed by atoms with E-state index in [0.29, 0.717) is 0 Å². The van der Waals surface area contributed by atoms with Crippen molar-refractivity contribution in [3.63, 3.8) is 0 Å². The Balaban J connectivity index is 1.68. The summed E-state index contributed by atoms with van der Waals surface area (Å²) in [5, 5.41) is 0. The molecule has 0 saturated carbocycles. The van der Waals surface area contributed by atoms with E-state index in [4.69, 9.17) is 0 Å². The van der Waals surface area contributed by atoms with Crippen LogP contribution in [-0.2, 0) is 12.8 Å². The molecule has 3 nitrogen and oxygen atoms in total. The number of pyridine rings is 1. The van der Waals surface area contributed by atoms with Crippen LogP contribution in [0.15, 0.2) is 36.9 Å². The number of aromatic amines is 1. The summed E-state index contributed by atoms with van der Waals surface area (Å²) in [5.41, 5.74) is 1.37. The molecule has 0 aliphatic heterocycles. The topological polar surface area (TPSA) is 41.6 Å². The third kappa shape index (κ3) is 3.20. The Morgan fingerprint density at radius 1 is 1.00 bits per heavy atom. The second-order valence-corrected chi connectivity index (χ2v) is 3.60. The molecule has 2 heterocycles. The van der Waals surface area contributed by atoms with Crippen LogP contribution in [-0.4, -0.2) is 15.0 Å². The minimum atomic E-state index is 1.04. The van der Waals surface area contributed by atoms with E-state index in [1.54, 1.807) is 6.20 Å². The summed E-state index contributed by atoms with van der Waals surface area (Å²) in [6.07, 6.45) is 11.9. The van der Waals surface area contributed by atoms with Crippen LogP contribution < -0.4 is 0 Å². The van der Waals surface area contributed by atoms with E-state index in [1.807, 2.05) is 18.6 Å². The lowest BCUT2D eigenvalue weighted by Gasteiger charge is -1.99. The van der Waals surface area contributed by atoms with Gasteiger partial charge in [0, 0.05) is 31.2 Å². The molecule has 2 rings (SSSR count). The molecule has 0 radical (unpaired) electrons. The summed E-state index contributed by atoms with van der Waals surface area (Å²) in [5.74, 6) is 1.09. The van der Waals surface area contributed by atoms with Crippen LogP contribution in [0, 0.1) is 0 Å². The van der Waals surface area contributed by atoms with Gasteiger partial charge in [0.25, 0.3) is 0 Å². The Morgan fingerprint density at radius 2 is 1.80 bits per heavy atom. The van der Waals surface area contributed by atoms with Crippen molar-refractivity contribution >= 4 is 0 Å². The molecule has 0 spiro atoms. The van der Waals surface area contributed by atoms with Gasteiger partial charge in [-0.05, 0) is 37.0 Å². The van der Waals surface area contributed by atoms with Crippen molar-refractivity contribution < 1.29 is 0 Å². The molecule has 2 aromatic rings. The third-order valence-corrected chi connectivity index (χ3v) is 2.43. The smallest absolute Gasteiger partial charge is 0.105 e. The van der Waals surface area contributed by atoms with Gasteiger partial charge in [-0.15, -0.1) is 0 Å². The maximum absolute atomic E-state index is 4.20. The molecule has 78 valence electrons. The zero-order valence-electron chi connectivity index (χ0n) is 8.69. The summed E-state index contributed by atoms with van der Waals surface area (Å²) < 4.78 is 0. The molecule has 0 aromatic carbocycles. The molecule has 3 heteroatoms. The molecule has 2 aromatic heterocycles. The van der Waals surface area contributed by atoms with Crippen LogP contribution in [0.25, 0.3) is 0 Å². The number of H-pyrrole nitrogens is 1. The van der Waals surface area contributed by atoms with Crippen LogP contribution in [0.4, 0.5) is 0 Å². The number of nitrogens with zero attached hydrogens (tertiary/aromatic N) is 2. The van der Waals surface area contributed by atoms with Gasteiger partial charge in [0.05, 0.1) is 0 Å². The molecular formula is C12H15N3. The van der Waals surface area contributed by atoms with Crippen molar-refractivity contribution in [3.8, 4) is 0 Å². The number of unbranched alkanes of at least 4 members (excludes halogenated alkanes) is 1. The van der Waals surface area contributed by atoms with Crippen LogP contribution in [0.5, 0.6) is 0 Å². The Hall–Kier alpha value is -1.64. The summed E-state index contributed by atoms with van der Waals surface area (Å²) in [7, 11) is 0. The summed E-state index contributed by atoms with van der Waals surface area (Å²) in [4.78, 5) is 11.3. The fraction of sp³-hybridized carbons (Fsp3) is 0.333. The lowest BCUT2D eigenvalue weighted by atomic mass is 10.1. The molecular weight excluding hydrogens is 186 g/mol. The zero-order valence-corrected chi connectivity index (χ0v) is 8.69. The average molecular weight is 201 g/mol. The van der Waals surface area contributed by atoms with Crippen molar-refractivity contribution in [1.29, 1.82) is 0 Å². The van der Waals surface area contributed by atoms with E-state index in [2.05, 4.69) is 27.1 Å². The Morgan fingerprint density at radius 3 is 2.53 bits per heavy atom. The van der Waals surface area contributed by atoms with Crippen molar-refractivity contribution in [3.05, 3.63) is 48.3 Å². The van der Waals surface area contributed by atoms with Crippen molar-refractivity contribution in [2.75, 3.05) is 0 Å². The summed E-state index contributed by atoms with van der Waals surface area (Å²) in [6, 6.07) is 4.15. The Labute approximate surface area is 89.6 Å². The molecule has 0 amide bonds. The molecule has 0 aliphatic carbocycles. The SMILES string of the molecule is c1cc(CCCCc2ncc[nH]2)ccn1. The average Bonchev–Trinajstić information content (AvgIpc) is 2.79. The Kier molecular flexibility index (Phi) is 3.49. The van der Waals surface area contributed by atoms with Gasteiger partial charge in [-0.2, -0.15) is 0 Å². The lowest BCUT2D eigenvalue weighted by molar-refractivity contribution is 0.713. The van der Waals surface area contributed by atoms with E-state index in [0.717, 1.165) is 18.7 Å². The second-order valence-electron chi connectivity index (χ2n) is 3.60. The number of hydrogen-bond donors (Lipinski definition) is 1. The van der Waals surface area contributed by atoms with Gasteiger partial charge in [0.2, 0.25) is 0 Å². The third-order valence-electron chi connectivity index (χ3n) is 2.43. The first-order valence-corrected chi connectivity index (χ1v) is 5.32. The van der Waals surface area contributed by atoms with E-state index in [-0.39, 0.29) is 0 Å². The molecule has 0 atom stereocenters. The highest BCUT2D eigenvalue weighted by atomic mass is 14.9. The predicted molar refractivity (Wildman–Crippen MR) is 59.5 cm³/mol.